The minimum atomic E-state index is -0.462. The van der Waals surface area contributed by atoms with Crippen molar-refractivity contribution >= 4 is 17.6 Å². The predicted octanol–water partition coefficient (Wildman–Crippen LogP) is 4.63. The molecular weight excluding hydrogens is 366 g/mol. The average Bonchev–Trinajstić information content (AvgIpc) is 3.33. The number of nitrogens with one attached hydrogen (secondary N) is 2. The van der Waals surface area contributed by atoms with Gasteiger partial charge in [-0.3, -0.25) is 0 Å². The molecular formula is C22H33N5O2. The number of carbonyl (C=O) groups is 1. The van der Waals surface area contributed by atoms with Gasteiger partial charge in [0, 0.05) is 35.8 Å². The molecule has 0 aromatic carbocycles. The molecule has 0 aliphatic heterocycles. The number of aromatic nitrogens is 3. The number of ether oxygens (including phenoxy) is 1. The molecule has 0 unspecified atom stereocenters. The van der Waals surface area contributed by atoms with Crippen LogP contribution in [0.4, 0.5) is 10.6 Å². The third kappa shape index (κ3) is 5.00. The third-order valence-corrected chi connectivity index (χ3v) is 5.95. The highest BCUT2D eigenvalue weighted by Gasteiger charge is 2.26. The molecule has 2 aliphatic rings. The number of carbonyl (C=O) groups excluding carboxylic acids is 1. The lowest BCUT2D eigenvalue weighted by Gasteiger charge is -2.31. The third-order valence-electron chi connectivity index (χ3n) is 5.95. The quantitative estimate of drug-likeness (QED) is 0.783. The lowest BCUT2D eigenvalue weighted by atomic mass is 9.91. The van der Waals surface area contributed by atoms with Crippen molar-refractivity contribution in [3.8, 4) is 0 Å². The number of fused-ring (bicyclic) bond motifs is 1. The van der Waals surface area contributed by atoms with Gasteiger partial charge in [-0.1, -0.05) is 12.8 Å². The fraction of sp³-hybridized carbons (Fsp3) is 0.682. The van der Waals surface area contributed by atoms with Gasteiger partial charge in [0.1, 0.15) is 11.4 Å². The molecule has 2 aromatic rings. The zero-order valence-electron chi connectivity index (χ0n) is 17.8. The molecule has 0 spiro atoms. The molecule has 1 amide bonds. The van der Waals surface area contributed by atoms with E-state index < -0.39 is 5.60 Å². The number of nitrogens with zero attached hydrogens (tertiary/aromatic N) is 3. The van der Waals surface area contributed by atoms with Crippen molar-refractivity contribution in [1.82, 2.24) is 19.9 Å². The van der Waals surface area contributed by atoms with Crippen molar-refractivity contribution in [3.05, 3.63) is 24.0 Å². The van der Waals surface area contributed by atoms with Crippen LogP contribution in [-0.2, 0) is 4.74 Å². The van der Waals surface area contributed by atoms with E-state index >= 15 is 0 Å². The normalized spacial score (nSPS) is 23.3. The van der Waals surface area contributed by atoms with E-state index in [1.165, 1.54) is 31.4 Å². The highest BCUT2D eigenvalue weighted by Crippen LogP contribution is 2.34. The molecule has 2 fully saturated rings. The summed E-state index contributed by atoms with van der Waals surface area (Å²) in [5.41, 5.74) is 1.64. The Balaban J connectivity index is 1.37. The number of hydrogen-bond acceptors (Lipinski definition) is 5. The summed E-state index contributed by atoms with van der Waals surface area (Å²) in [5, 5.41) is 11.2. The van der Waals surface area contributed by atoms with Crippen LogP contribution in [0.5, 0.6) is 0 Å². The van der Waals surface area contributed by atoms with Gasteiger partial charge in [-0.2, -0.15) is 9.61 Å². The van der Waals surface area contributed by atoms with Crippen molar-refractivity contribution in [2.75, 3.05) is 5.32 Å². The highest BCUT2D eigenvalue weighted by atomic mass is 16.6. The van der Waals surface area contributed by atoms with Gasteiger partial charge < -0.3 is 15.4 Å². The lowest BCUT2D eigenvalue weighted by Crippen LogP contribution is -2.42. The van der Waals surface area contributed by atoms with Gasteiger partial charge in [0.2, 0.25) is 0 Å². The van der Waals surface area contributed by atoms with Gasteiger partial charge >= 0.3 is 6.09 Å². The van der Waals surface area contributed by atoms with Crippen LogP contribution in [0, 0.1) is 0 Å². The van der Waals surface area contributed by atoms with E-state index in [2.05, 4.69) is 21.8 Å². The SMILES string of the molecule is CC(C)(C)OC(=O)N[C@H]1CC[C@H](Nc2cc(C3CCCC3)nc3ccnn23)CC1. The zero-order chi connectivity index (χ0) is 20.4. The monoisotopic (exact) mass is 399 g/mol. The minimum Gasteiger partial charge on any atom is -0.444 e. The van der Waals surface area contributed by atoms with Crippen LogP contribution in [0.15, 0.2) is 18.3 Å². The molecule has 158 valence electrons. The fourth-order valence-corrected chi connectivity index (χ4v) is 4.53. The maximum atomic E-state index is 12.0. The smallest absolute Gasteiger partial charge is 0.407 e. The van der Waals surface area contributed by atoms with Crippen LogP contribution in [0.1, 0.15) is 83.7 Å². The first-order valence-electron chi connectivity index (χ1n) is 11.0. The predicted molar refractivity (Wildman–Crippen MR) is 113 cm³/mol. The van der Waals surface area contributed by atoms with Crippen molar-refractivity contribution in [2.45, 2.75) is 95.7 Å². The summed E-state index contributed by atoms with van der Waals surface area (Å²) in [5.74, 6) is 1.61. The van der Waals surface area contributed by atoms with Crippen LogP contribution in [0.3, 0.4) is 0 Å². The Morgan fingerprint density at radius 2 is 1.79 bits per heavy atom. The topological polar surface area (TPSA) is 80.5 Å². The molecule has 7 heteroatoms. The minimum absolute atomic E-state index is 0.180. The van der Waals surface area contributed by atoms with Crippen LogP contribution in [0.2, 0.25) is 0 Å². The molecule has 0 saturated heterocycles. The number of alkyl carbamates (subject to hydrolysis) is 1. The Hall–Kier alpha value is -2.31. The van der Waals surface area contributed by atoms with Gasteiger partial charge in [0.05, 0.1) is 6.20 Å². The van der Waals surface area contributed by atoms with E-state index in [-0.39, 0.29) is 12.1 Å². The highest BCUT2D eigenvalue weighted by molar-refractivity contribution is 5.68. The van der Waals surface area contributed by atoms with E-state index in [4.69, 9.17) is 9.72 Å². The second-order valence-electron chi connectivity index (χ2n) is 9.49. The van der Waals surface area contributed by atoms with Gasteiger partial charge in [0.15, 0.2) is 5.65 Å². The van der Waals surface area contributed by atoms with E-state index in [1.807, 2.05) is 37.5 Å². The largest absolute Gasteiger partial charge is 0.444 e. The Kier molecular flexibility index (Phi) is 5.65. The maximum Gasteiger partial charge on any atom is 0.407 e. The number of anilines is 1. The van der Waals surface area contributed by atoms with Crippen LogP contribution >= 0.6 is 0 Å². The molecule has 0 bridgehead atoms. The van der Waals surface area contributed by atoms with Crippen LogP contribution in [-0.4, -0.2) is 38.4 Å². The first kappa shape index (κ1) is 20.0. The van der Waals surface area contributed by atoms with Crippen molar-refractivity contribution in [1.29, 1.82) is 0 Å². The number of rotatable bonds is 4. The molecule has 29 heavy (non-hydrogen) atoms. The molecule has 4 rings (SSSR count). The standard InChI is InChI=1S/C22H33N5O2/c1-22(2,3)29-21(28)25-17-10-8-16(9-11-17)24-20-14-18(15-6-4-5-7-15)26-19-12-13-23-27(19)20/h12-17,24H,4-11H2,1-3H3,(H,25,28)/t16-,17-. The summed E-state index contributed by atoms with van der Waals surface area (Å²) < 4.78 is 7.29. The second kappa shape index (κ2) is 8.20. The Labute approximate surface area is 172 Å². The maximum absolute atomic E-state index is 12.0. The average molecular weight is 400 g/mol. The van der Waals surface area contributed by atoms with E-state index in [0.29, 0.717) is 12.0 Å². The first-order chi connectivity index (χ1) is 13.9. The van der Waals surface area contributed by atoms with Gasteiger partial charge in [-0.15, -0.1) is 0 Å². The van der Waals surface area contributed by atoms with E-state index in [0.717, 1.165) is 37.1 Å². The summed E-state index contributed by atoms with van der Waals surface area (Å²) in [6.07, 6.45) is 10.5. The second-order valence-corrected chi connectivity index (χ2v) is 9.49. The summed E-state index contributed by atoms with van der Waals surface area (Å²) in [7, 11) is 0. The van der Waals surface area contributed by atoms with Gasteiger partial charge in [0.25, 0.3) is 0 Å². The first-order valence-corrected chi connectivity index (χ1v) is 11.0. The zero-order valence-corrected chi connectivity index (χ0v) is 17.8. The van der Waals surface area contributed by atoms with Crippen molar-refractivity contribution in [2.24, 2.45) is 0 Å². The Morgan fingerprint density at radius 1 is 1.10 bits per heavy atom. The van der Waals surface area contributed by atoms with Crippen LogP contribution in [0.25, 0.3) is 5.65 Å². The molecule has 2 heterocycles. The summed E-state index contributed by atoms with van der Waals surface area (Å²) in [6.45, 7) is 5.66. The lowest BCUT2D eigenvalue weighted by molar-refractivity contribution is 0.0492. The van der Waals surface area contributed by atoms with Gasteiger partial charge in [-0.25, -0.2) is 9.78 Å². The van der Waals surface area contributed by atoms with Crippen LogP contribution < -0.4 is 10.6 Å². The molecule has 2 aromatic heterocycles. The molecule has 2 saturated carbocycles. The molecule has 0 atom stereocenters. The Morgan fingerprint density at radius 3 is 2.48 bits per heavy atom. The number of hydrogen-bond donors (Lipinski definition) is 2. The van der Waals surface area contributed by atoms with E-state index in [9.17, 15) is 4.79 Å². The molecule has 0 radical (unpaired) electrons. The fourth-order valence-electron chi connectivity index (χ4n) is 4.53. The molecule has 7 nitrogen and oxygen atoms in total. The van der Waals surface area contributed by atoms with E-state index in [1.54, 1.807) is 0 Å². The summed E-state index contributed by atoms with van der Waals surface area (Å²) >= 11 is 0. The molecule has 2 aliphatic carbocycles. The summed E-state index contributed by atoms with van der Waals surface area (Å²) in [4.78, 5) is 16.9. The molecule has 2 N–H and O–H groups in total. The van der Waals surface area contributed by atoms with Crippen molar-refractivity contribution < 1.29 is 9.53 Å². The number of amides is 1. The van der Waals surface area contributed by atoms with Gasteiger partial charge in [-0.05, 0) is 59.3 Å². The van der Waals surface area contributed by atoms with Crippen molar-refractivity contribution in [3.63, 3.8) is 0 Å². The summed E-state index contributed by atoms with van der Waals surface area (Å²) in [6, 6.07) is 4.73. The Bertz CT molecular complexity index is 842.